The summed E-state index contributed by atoms with van der Waals surface area (Å²) in [6.45, 7) is 6.69. The molecule has 28 heavy (non-hydrogen) atoms. The zero-order valence-electron chi connectivity index (χ0n) is 17.4. The van der Waals surface area contributed by atoms with Crippen LogP contribution in [0, 0.1) is 27.7 Å². The minimum Gasteiger partial charge on any atom is -0.391 e. The maximum atomic E-state index is 13.3. The molecular formula is C19H25N3O5S. The highest BCUT2D eigenvalue weighted by Gasteiger charge is 2.28. The Balaban J connectivity index is 2.67. The molecule has 1 aromatic heterocycles. The predicted octanol–water partition coefficient (Wildman–Crippen LogP) is 2.35. The number of hydrogen-bond donors (Lipinski definition) is 0. The third kappa shape index (κ3) is 3.80. The second-order valence-corrected chi connectivity index (χ2v) is 9.03. The number of hydrogen-bond acceptors (Lipinski definition) is 6. The standard InChI is InChI=1S/C19H25N3O5S/c1-10-9-14(11(2)12(3)17(10)28(8,25)26)16(23)15-13(4)20-22(7)18(15)27-19(24)21(5)6/h9H,1-8H3. The Labute approximate surface area is 165 Å². The van der Waals surface area contributed by atoms with Crippen molar-refractivity contribution in [1.82, 2.24) is 14.7 Å². The molecule has 2 rings (SSSR count). The van der Waals surface area contributed by atoms with E-state index in [1.54, 1.807) is 40.8 Å². The minimum atomic E-state index is -3.43. The molecule has 1 amide bonds. The van der Waals surface area contributed by atoms with E-state index in [0.717, 1.165) is 6.26 Å². The van der Waals surface area contributed by atoms with Crippen molar-refractivity contribution in [2.45, 2.75) is 32.6 Å². The van der Waals surface area contributed by atoms with E-state index >= 15 is 0 Å². The van der Waals surface area contributed by atoms with Crippen LogP contribution in [0.15, 0.2) is 11.0 Å². The molecule has 0 saturated carbocycles. The zero-order valence-corrected chi connectivity index (χ0v) is 18.2. The summed E-state index contributed by atoms with van der Waals surface area (Å²) >= 11 is 0. The maximum Gasteiger partial charge on any atom is 0.416 e. The molecule has 0 fully saturated rings. The number of ether oxygens (including phenoxy) is 1. The molecule has 0 aliphatic rings. The van der Waals surface area contributed by atoms with Gasteiger partial charge in [0.05, 0.1) is 10.6 Å². The molecule has 0 spiro atoms. The molecule has 0 atom stereocenters. The Morgan fingerprint density at radius 3 is 2.18 bits per heavy atom. The Morgan fingerprint density at radius 1 is 1.11 bits per heavy atom. The van der Waals surface area contributed by atoms with Crippen LogP contribution in [-0.2, 0) is 16.9 Å². The van der Waals surface area contributed by atoms with E-state index in [9.17, 15) is 18.0 Å². The van der Waals surface area contributed by atoms with Gasteiger partial charge >= 0.3 is 6.09 Å². The SMILES string of the molecule is Cc1cc(C(=O)c2c(C)nn(C)c2OC(=O)N(C)C)c(C)c(C)c1S(C)(=O)=O. The van der Waals surface area contributed by atoms with Crippen LogP contribution < -0.4 is 4.74 Å². The lowest BCUT2D eigenvalue weighted by Crippen LogP contribution is -2.27. The van der Waals surface area contributed by atoms with Gasteiger partial charge in [0.15, 0.2) is 9.84 Å². The van der Waals surface area contributed by atoms with Gasteiger partial charge in [0.1, 0.15) is 5.56 Å². The van der Waals surface area contributed by atoms with Crippen molar-refractivity contribution in [3.63, 3.8) is 0 Å². The average Bonchev–Trinajstić information content (AvgIpc) is 2.82. The molecule has 2 aromatic rings. The van der Waals surface area contributed by atoms with Crippen molar-refractivity contribution >= 4 is 21.7 Å². The highest BCUT2D eigenvalue weighted by Crippen LogP contribution is 2.31. The predicted molar refractivity (Wildman–Crippen MR) is 105 cm³/mol. The molecule has 9 heteroatoms. The van der Waals surface area contributed by atoms with Crippen molar-refractivity contribution in [3.8, 4) is 5.88 Å². The summed E-state index contributed by atoms with van der Waals surface area (Å²) in [6.07, 6.45) is 0.515. The second-order valence-electron chi connectivity index (χ2n) is 7.07. The number of ketones is 1. The van der Waals surface area contributed by atoms with Gasteiger partial charge in [-0.05, 0) is 50.5 Å². The third-order valence-electron chi connectivity index (χ3n) is 4.59. The number of sulfone groups is 1. The fourth-order valence-corrected chi connectivity index (χ4v) is 4.54. The van der Waals surface area contributed by atoms with E-state index in [1.807, 2.05) is 0 Å². The number of aromatic nitrogens is 2. The highest BCUT2D eigenvalue weighted by molar-refractivity contribution is 7.90. The van der Waals surface area contributed by atoms with Crippen molar-refractivity contribution in [2.75, 3.05) is 20.4 Å². The smallest absolute Gasteiger partial charge is 0.391 e. The topological polar surface area (TPSA) is 98.6 Å². The number of aryl methyl sites for hydroxylation is 3. The van der Waals surface area contributed by atoms with Crippen LogP contribution in [0.4, 0.5) is 4.79 Å². The summed E-state index contributed by atoms with van der Waals surface area (Å²) in [6, 6.07) is 1.56. The molecular weight excluding hydrogens is 382 g/mol. The molecule has 0 saturated heterocycles. The normalized spacial score (nSPS) is 11.4. The van der Waals surface area contributed by atoms with Crippen LogP contribution in [0.5, 0.6) is 5.88 Å². The van der Waals surface area contributed by atoms with E-state index in [4.69, 9.17) is 4.74 Å². The minimum absolute atomic E-state index is 0.0445. The monoisotopic (exact) mass is 407 g/mol. The molecule has 0 N–H and O–H groups in total. The van der Waals surface area contributed by atoms with Crippen LogP contribution in [0.25, 0.3) is 0 Å². The Bertz CT molecular complexity index is 1080. The van der Waals surface area contributed by atoms with E-state index in [-0.39, 0.29) is 22.1 Å². The number of carbonyl (C=O) groups is 2. The maximum absolute atomic E-state index is 13.3. The van der Waals surface area contributed by atoms with Gasteiger partial charge in [-0.15, -0.1) is 0 Å². The number of rotatable bonds is 4. The summed E-state index contributed by atoms with van der Waals surface area (Å²) in [4.78, 5) is 26.8. The molecule has 8 nitrogen and oxygen atoms in total. The molecule has 0 aliphatic carbocycles. The van der Waals surface area contributed by atoms with Crippen molar-refractivity contribution in [2.24, 2.45) is 7.05 Å². The summed E-state index contributed by atoms with van der Waals surface area (Å²) in [7, 11) is 1.22. The molecule has 0 radical (unpaired) electrons. The third-order valence-corrected chi connectivity index (χ3v) is 5.96. The lowest BCUT2D eigenvalue weighted by Gasteiger charge is -2.16. The zero-order chi connectivity index (χ0) is 21.5. The van der Waals surface area contributed by atoms with E-state index in [2.05, 4.69) is 5.10 Å². The fraction of sp³-hybridized carbons (Fsp3) is 0.421. The number of benzene rings is 1. The van der Waals surface area contributed by atoms with Gasteiger partial charge < -0.3 is 9.64 Å². The average molecular weight is 407 g/mol. The van der Waals surface area contributed by atoms with Crippen molar-refractivity contribution < 1.29 is 22.7 Å². The van der Waals surface area contributed by atoms with E-state index in [1.165, 1.54) is 23.7 Å². The van der Waals surface area contributed by atoms with Gasteiger partial charge in [-0.25, -0.2) is 17.9 Å². The summed E-state index contributed by atoms with van der Waals surface area (Å²) in [5.41, 5.74) is 2.51. The molecule has 152 valence electrons. The largest absolute Gasteiger partial charge is 0.416 e. The quantitative estimate of drug-likeness (QED) is 0.722. The molecule has 0 aliphatic heterocycles. The first kappa shape index (κ1) is 21.6. The second kappa shape index (κ2) is 7.38. The van der Waals surface area contributed by atoms with Crippen LogP contribution in [-0.4, -0.2) is 55.3 Å². The molecule has 1 heterocycles. The van der Waals surface area contributed by atoms with E-state index in [0.29, 0.717) is 27.9 Å². The summed E-state index contributed by atoms with van der Waals surface area (Å²) in [5.74, 6) is -0.334. The fourth-order valence-electron chi connectivity index (χ4n) is 3.19. The first-order valence-electron chi connectivity index (χ1n) is 8.55. The van der Waals surface area contributed by atoms with Crippen molar-refractivity contribution in [1.29, 1.82) is 0 Å². The van der Waals surface area contributed by atoms with Gasteiger partial charge in [-0.1, -0.05) is 0 Å². The summed E-state index contributed by atoms with van der Waals surface area (Å²) in [5, 5.41) is 4.21. The van der Waals surface area contributed by atoms with Crippen LogP contribution in [0.3, 0.4) is 0 Å². The van der Waals surface area contributed by atoms with Crippen LogP contribution >= 0.6 is 0 Å². The molecule has 0 bridgehead atoms. The van der Waals surface area contributed by atoms with Gasteiger partial charge in [0.2, 0.25) is 11.7 Å². The molecule has 1 aromatic carbocycles. The van der Waals surface area contributed by atoms with Gasteiger partial charge in [-0.3, -0.25) is 4.79 Å². The van der Waals surface area contributed by atoms with E-state index < -0.39 is 15.9 Å². The number of nitrogens with zero attached hydrogens (tertiary/aromatic N) is 3. The Kier molecular flexibility index (Phi) is 5.70. The molecule has 0 unspecified atom stereocenters. The van der Waals surface area contributed by atoms with Gasteiger partial charge in [-0.2, -0.15) is 5.10 Å². The first-order valence-corrected chi connectivity index (χ1v) is 10.4. The lowest BCUT2D eigenvalue weighted by molar-refractivity contribution is 0.103. The first-order chi connectivity index (χ1) is 12.8. The highest BCUT2D eigenvalue weighted by atomic mass is 32.2. The Morgan fingerprint density at radius 2 is 1.68 bits per heavy atom. The lowest BCUT2D eigenvalue weighted by atomic mass is 9.94. The number of carbonyl (C=O) groups excluding carboxylic acids is 2. The van der Waals surface area contributed by atoms with Crippen molar-refractivity contribution in [3.05, 3.63) is 39.6 Å². The van der Waals surface area contributed by atoms with Gasteiger partial charge in [0, 0.05) is 33.0 Å². The van der Waals surface area contributed by atoms with Crippen LogP contribution in [0.1, 0.15) is 38.3 Å². The Hall–Kier alpha value is -2.68. The summed E-state index contributed by atoms with van der Waals surface area (Å²) < 4.78 is 30.9. The number of amides is 1. The van der Waals surface area contributed by atoms with Crippen LogP contribution in [0.2, 0.25) is 0 Å². The van der Waals surface area contributed by atoms with Gasteiger partial charge in [0.25, 0.3) is 0 Å².